The number of nitrogen functional groups attached to an aromatic ring is 1. The standard InChI is InChI=1S/C13H14N2O2S/c1-17-12-5-4-9(14)7-11(12)13(16)15-8-10-3-2-6-18-10/h2-7H,8,14H2,1H3,(H,15,16). The number of nitrogens with one attached hydrogen (secondary N) is 1. The van der Waals surface area contributed by atoms with Crippen LogP contribution in [0.5, 0.6) is 5.75 Å². The van der Waals surface area contributed by atoms with E-state index >= 15 is 0 Å². The fourth-order valence-corrected chi connectivity index (χ4v) is 2.22. The van der Waals surface area contributed by atoms with Gasteiger partial charge in [-0.05, 0) is 29.6 Å². The van der Waals surface area contributed by atoms with Crippen molar-refractivity contribution in [2.45, 2.75) is 6.54 Å². The predicted molar refractivity (Wildman–Crippen MR) is 72.9 cm³/mol. The minimum atomic E-state index is -0.187. The summed E-state index contributed by atoms with van der Waals surface area (Å²) in [6, 6.07) is 8.93. The first-order valence-corrected chi connectivity index (χ1v) is 6.33. The van der Waals surface area contributed by atoms with Crippen LogP contribution >= 0.6 is 11.3 Å². The first-order valence-electron chi connectivity index (χ1n) is 5.45. The largest absolute Gasteiger partial charge is 0.496 e. The third kappa shape index (κ3) is 2.81. The molecule has 0 spiro atoms. The summed E-state index contributed by atoms with van der Waals surface area (Å²) in [6.07, 6.45) is 0. The number of amides is 1. The maximum Gasteiger partial charge on any atom is 0.255 e. The van der Waals surface area contributed by atoms with Crippen LogP contribution in [0.4, 0.5) is 5.69 Å². The lowest BCUT2D eigenvalue weighted by molar-refractivity contribution is 0.0948. The number of carbonyl (C=O) groups excluding carboxylic acids is 1. The number of rotatable bonds is 4. The van der Waals surface area contributed by atoms with Gasteiger partial charge in [0.05, 0.1) is 19.2 Å². The van der Waals surface area contributed by atoms with Gasteiger partial charge in [-0.25, -0.2) is 0 Å². The van der Waals surface area contributed by atoms with Crippen molar-refractivity contribution in [3.63, 3.8) is 0 Å². The maximum absolute atomic E-state index is 12.0. The summed E-state index contributed by atoms with van der Waals surface area (Å²) in [5, 5.41) is 4.81. The van der Waals surface area contributed by atoms with Gasteiger partial charge >= 0.3 is 0 Å². The fourth-order valence-electron chi connectivity index (χ4n) is 1.58. The van der Waals surface area contributed by atoms with Crippen LogP contribution in [0.3, 0.4) is 0 Å². The molecule has 0 aliphatic rings. The predicted octanol–water partition coefficient (Wildman–Crippen LogP) is 2.27. The molecule has 4 nitrogen and oxygen atoms in total. The molecule has 1 aromatic heterocycles. The molecule has 94 valence electrons. The average molecular weight is 262 g/mol. The van der Waals surface area contributed by atoms with Crippen molar-refractivity contribution in [2.24, 2.45) is 0 Å². The van der Waals surface area contributed by atoms with Crippen molar-refractivity contribution in [1.29, 1.82) is 0 Å². The van der Waals surface area contributed by atoms with Crippen molar-refractivity contribution in [3.8, 4) is 5.75 Å². The van der Waals surface area contributed by atoms with Crippen LogP contribution in [0, 0.1) is 0 Å². The number of thiophene rings is 1. The number of benzene rings is 1. The molecule has 0 aliphatic heterocycles. The van der Waals surface area contributed by atoms with Gasteiger partial charge < -0.3 is 15.8 Å². The number of ether oxygens (including phenoxy) is 1. The lowest BCUT2D eigenvalue weighted by Crippen LogP contribution is -2.23. The highest BCUT2D eigenvalue weighted by Gasteiger charge is 2.12. The van der Waals surface area contributed by atoms with Gasteiger partial charge in [-0.1, -0.05) is 6.07 Å². The molecule has 1 amide bonds. The minimum absolute atomic E-state index is 0.187. The van der Waals surface area contributed by atoms with Crippen LogP contribution < -0.4 is 15.8 Å². The molecule has 0 saturated carbocycles. The Balaban J connectivity index is 2.10. The zero-order valence-corrected chi connectivity index (χ0v) is 10.8. The normalized spacial score (nSPS) is 10.1. The molecule has 3 N–H and O–H groups in total. The Hall–Kier alpha value is -2.01. The van der Waals surface area contributed by atoms with E-state index in [9.17, 15) is 4.79 Å². The van der Waals surface area contributed by atoms with Gasteiger partial charge in [0.15, 0.2) is 0 Å². The van der Waals surface area contributed by atoms with Crippen LogP contribution in [0.25, 0.3) is 0 Å². The Morgan fingerprint density at radius 1 is 1.44 bits per heavy atom. The van der Waals surface area contributed by atoms with Gasteiger partial charge in [-0.2, -0.15) is 0 Å². The molecule has 18 heavy (non-hydrogen) atoms. The topological polar surface area (TPSA) is 64.3 Å². The van der Waals surface area contributed by atoms with Crippen LogP contribution in [0.2, 0.25) is 0 Å². The van der Waals surface area contributed by atoms with E-state index in [-0.39, 0.29) is 5.91 Å². The van der Waals surface area contributed by atoms with Crippen molar-refractivity contribution in [3.05, 3.63) is 46.2 Å². The van der Waals surface area contributed by atoms with Crippen LogP contribution in [0.1, 0.15) is 15.2 Å². The van der Waals surface area contributed by atoms with Crippen LogP contribution in [-0.4, -0.2) is 13.0 Å². The molecule has 2 rings (SSSR count). The van der Waals surface area contributed by atoms with Crippen LogP contribution in [-0.2, 0) is 6.54 Å². The van der Waals surface area contributed by atoms with E-state index in [0.717, 1.165) is 4.88 Å². The second kappa shape index (κ2) is 5.55. The summed E-state index contributed by atoms with van der Waals surface area (Å²) >= 11 is 1.60. The number of methoxy groups -OCH3 is 1. The number of anilines is 1. The highest BCUT2D eigenvalue weighted by Crippen LogP contribution is 2.21. The monoisotopic (exact) mass is 262 g/mol. The lowest BCUT2D eigenvalue weighted by Gasteiger charge is -2.09. The molecule has 0 radical (unpaired) electrons. The first-order chi connectivity index (χ1) is 8.70. The zero-order valence-electron chi connectivity index (χ0n) is 9.97. The highest BCUT2D eigenvalue weighted by atomic mass is 32.1. The third-order valence-corrected chi connectivity index (χ3v) is 3.35. The molecule has 0 fully saturated rings. The van der Waals surface area contributed by atoms with Crippen molar-refractivity contribution in [1.82, 2.24) is 5.32 Å². The quantitative estimate of drug-likeness (QED) is 0.831. The Kier molecular flexibility index (Phi) is 3.84. The van der Waals surface area contributed by atoms with Crippen molar-refractivity contribution < 1.29 is 9.53 Å². The summed E-state index contributed by atoms with van der Waals surface area (Å²) in [5.41, 5.74) is 6.67. The fraction of sp³-hybridized carbons (Fsp3) is 0.154. The molecule has 0 saturated heterocycles. The Morgan fingerprint density at radius 2 is 2.28 bits per heavy atom. The van der Waals surface area contributed by atoms with Gasteiger partial charge in [0, 0.05) is 10.6 Å². The lowest BCUT2D eigenvalue weighted by atomic mass is 10.1. The van der Waals surface area contributed by atoms with E-state index in [1.807, 2.05) is 17.5 Å². The van der Waals surface area contributed by atoms with Gasteiger partial charge in [0.2, 0.25) is 0 Å². The smallest absolute Gasteiger partial charge is 0.255 e. The third-order valence-electron chi connectivity index (χ3n) is 2.47. The number of hydrogen-bond acceptors (Lipinski definition) is 4. The SMILES string of the molecule is COc1ccc(N)cc1C(=O)NCc1cccs1. The molecule has 0 unspecified atom stereocenters. The molecular weight excluding hydrogens is 248 g/mol. The Labute approximate surface area is 109 Å². The second-order valence-electron chi connectivity index (χ2n) is 3.72. The van der Waals surface area contributed by atoms with Crippen molar-refractivity contribution >= 4 is 22.9 Å². The van der Waals surface area contributed by atoms with E-state index in [1.54, 1.807) is 29.5 Å². The van der Waals surface area contributed by atoms with Crippen LogP contribution in [0.15, 0.2) is 35.7 Å². The molecule has 2 aromatic rings. The molecular formula is C13H14N2O2S. The van der Waals surface area contributed by atoms with Gasteiger partial charge in [0.1, 0.15) is 5.75 Å². The summed E-state index contributed by atoms with van der Waals surface area (Å²) < 4.78 is 5.14. The van der Waals surface area contributed by atoms with E-state index in [2.05, 4.69) is 5.32 Å². The molecule has 0 atom stereocenters. The minimum Gasteiger partial charge on any atom is -0.496 e. The highest BCUT2D eigenvalue weighted by molar-refractivity contribution is 7.09. The van der Waals surface area contributed by atoms with Gasteiger partial charge in [-0.15, -0.1) is 11.3 Å². The molecule has 0 bridgehead atoms. The molecule has 1 heterocycles. The summed E-state index contributed by atoms with van der Waals surface area (Å²) in [7, 11) is 1.53. The number of carbonyl (C=O) groups is 1. The molecule has 1 aromatic carbocycles. The van der Waals surface area contributed by atoms with Gasteiger partial charge in [-0.3, -0.25) is 4.79 Å². The molecule has 0 aliphatic carbocycles. The van der Waals surface area contributed by atoms with E-state index in [1.165, 1.54) is 7.11 Å². The summed E-state index contributed by atoms with van der Waals surface area (Å²) in [5.74, 6) is 0.334. The average Bonchev–Trinajstić information content (AvgIpc) is 2.89. The number of hydrogen-bond donors (Lipinski definition) is 2. The second-order valence-corrected chi connectivity index (χ2v) is 4.75. The zero-order chi connectivity index (χ0) is 13.0. The van der Waals surface area contributed by atoms with E-state index < -0.39 is 0 Å². The maximum atomic E-state index is 12.0. The van der Waals surface area contributed by atoms with E-state index in [0.29, 0.717) is 23.5 Å². The van der Waals surface area contributed by atoms with Crippen molar-refractivity contribution in [2.75, 3.05) is 12.8 Å². The Morgan fingerprint density at radius 3 is 2.94 bits per heavy atom. The summed E-state index contributed by atoms with van der Waals surface area (Å²) in [4.78, 5) is 13.1. The Bertz CT molecular complexity index is 538. The number of nitrogens with two attached hydrogens (primary N) is 1. The van der Waals surface area contributed by atoms with Gasteiger partial charge in [0.25, 0.3) is 5.91 Å². The molecule has 5 heteroatoms. The first kappa shape index (κ1) is 12.4. The summed E-state index contributed by atoms with van der Waals surface area (Å²) in [6.45, 7) is 0.508. The van der Waals surface area contributed by atoms with E-state index in [4.69, 9.17) is 10.5 Å².